The highest BCUT2D eigenvalue weighted by Crippen LogP contribution is 2.26. The van der Waals surface area contributed by atoms with Gasteiger partial charge in [0.1, 0.15) is 17.2 Å². The van der Waals surface area contributed by atoms with E-state index in [9.17, 15) is 14.4 Å². The van der Waals surface area contributed by atoms with Crippen molar-refractivity contribution in [3.8, 4) is 0 Å². The molecule has 0 aliphatic heterocycles. The van der Waals surface area contributed by atoms with Gasteiger partial charge in [0.2, 0.25) is 5.91 Å². The molecule has 9 nitrogen and oxygen atoms in total. The Kier molecular flexibility index (Phi) is 7.50. The summed E-state index contributed by atoms with van der Waals surface area (Å²) in [7, 11) is 0. The van der Waals surface area contributed by atoms with Crippen molar-refractivity contribution in [3.05, 3.63) is 45.4 Å². The number of hydrogen-bond donors (Lipinski definition) is 3. The van der Waals surface area contributed by atoms with E-state index >= 15 is 0 Å². The van der Waals surface area contributed by atoms with Gasteiger partial charge in [0.25, 0.3) is 0 Å². The maximum atomic E-state index is 13.4. The highest BCUT2D eigenvalue weighted by atomic mass is 79.9. The van der Waals surface area contributed by atoms with E-state index in [1.54, 1.807) is 12.1 Å². The lowest BCUT2D eigenvalue weighted by molar-refractivity contribution is -0.125. The monoisotopic (exact) mass is 480 g/mol. The summed E-state index contributed by atoms with van der Waals surface area (Å²) in [4.78, 5) is 16.0. The summed E-state index contributed by atoms with van der Waals surface area (Å²) < 4.78 is 18.5. The van der Waals surface area contributed by atoms with Crippen LogP contribution in [-0.2, 0) is 17.6 Å². The van der Waals surface area contributed by atoms with Gasteiger partial charge in [0.15, 0.2) is 11.7 Å². The van der Waals surface area contributed by atoms with Crippen molar-refractivity contribution in [2.24, 2.45) is 21.8 Å². The minimum Gasteiger partial charge on any atom is -0.411 e. The number of aliphatic imine (C=N–C) groups is 1. The number of nitrogens with one attached hydrogen (secondary N) is 1. The molecule has 0 radical (unpaired) electrons. The fraction of sp³-hybridized carbons (Fsp3) is 0.421. The topological polar surface area (TPSA) is 139 Å². The second-order valence-corrected chi connectivity index (χ2v) is 7.87. The van der Waals surface area contributed by atoms with Gasteiger partial charge in [-0.15, -0.1) is 0 Å². The van der Waals surface area contributed by atoms with E-state index in [0.29, 0.717) is 35.2 Å². The second kappa shape index (κ2) is 10.3. The molecule has 1 fully saturated rings. The van der Waals surface area contributed by atoms with E-state index < -0.39 is 0 Å². The predicted octanol–water partition coefficient (Wildman–Crippen LogP) is 2.56. The van der Waals surface area contributed by atoms with Crippen LogP contribution in [0.15, 0.2) is 37.4 Å². The van der Waals surface area contributed by atoms with Crippen molar-refractivity contribution in [2.45, 2.75) is 38.5 Å². The first-order valence-electron chi connectivity index (χ1n) is 9.55. The minimum atomic E-state index is -0.381. The van der Waals surface area contributed by atoms with E-state index in [-0.39, 0.29) is 35.7 Å². The van der Waals surface area contributed by atoms with Gasteiger partial charge in [0, 0.05) is 18.9 Å². The third-order valence-corrected chi connectivity index (χ3v) is 5.49. The Morgan fingerprint density at radius 1 is 1.40 bits per heavy atom. The predicted molar refractivity (Wildman–Crippen MR) is 111 cm³/mol. The number of aromatic nitrogens is 2. The first-order valence-corrected chi connectivity index (χ1v) is 10.3. The van der Waals surface area contributed by atoms with Gasteiger partial charge in [-0.1, -0.05) is 22.8 Å². The van der Waals surface area contributed by atoms with Crippen LogP contribution in [0.4, 0.5) is 4.39 Å². The number of oxime groups is 1. The Morgan fingerprint density at radius 3 is 2.87 bits per heavy atom. The third kappa shape index (κ3) is 5.62. The molecule has 0 spiro atoms. The third-order valence-electron chi connectivity index (χ3n) is 4.89. The molecule has 1 amide bonds. The highest BCUT2D eigenvalue weighted by molar-refractivity contribution is 9.10. The zero-order chi connectivity index (χ0) is 21.5. The van der Waals surface area contributed by atoms with Crippen molar-refractivity contribution in [1.82, 2.24) is 15.6 Å². The molecule has 1 aliphatic rings. The number of carbonyl (C=O) groups is 1. The van der Waals surface area contributed by atoms with E-state index in [2.05, 4.69) is 41.7 Å². The number of benzene rings is 1. The maximum absolute atomic E-state index is 13.4. The zero-order valence-electron chi connectivity index (χ0n) is 16.1. The SMILES string of the molecule is NC(=NCCCc1nonc1/C(Cc1ccc(F)c(Br)c1)=N/O)NC(=O)C1CCC1. The molecule has 3 rings (SSSR count). The molecule has 1 aromatic carbocycles. The summed E-state index contributed by atoms with van der Waals surface area (Å²) in [6, 6.07) is 4.51. The molecule has 0 bridgehead atoms. The number of guanidine groups is 1. The van der Waals surface area contributed by atoms with Gasteiger partial charge < -0.3 is 10.9 Å². The molecule has 4 N–H and O–H groups in total. The van der Waals surface area contributed by atoms with Crippen LogP contribution in [0.3, 0.4) is 0 Å². The lowest BCUT2D eigenvalue weighted by Gasteiger charge is -2.23. The van der Waals surface area contributed by atoms with Crippen molar-refractivity contribution in [1.29, 1.82) is 0 Å². The van der Waals surface area contributed by atoms with Crippen LogP contribution < -0.4 is 11.1 Å². The number of carbonyl (C=O) groups excluding carboxylic acids is 1. The molecule has 2 aromatic rings. The number of aryl methyl sites for hydroxylation is 1. The average molecular weight is 481 g/mol. The Bertz CT molecular complexity index is 957. The fourth-order valence-electron chi connectivity index (χ4n) is 2.98. The Balaban J connectivity index is 1.54. The van der Waals surface area contributed by atoms with Gasteiger partial charge >= 0.3 is 0 Å². The Hall–Kier alpha value is -2.82. The summed E-state index contributed by atoms with van der Waals surface area (Å²) >= 11 is 3.13. The first kappa shape index (κ1) is 21.9. The maximum Gasteiger partial charge on any atom is 0.229 e. The van der Waals surface area contributed by atoms with Crippen molar-refractivity contribution >= 4 is 33.5 Å². The number of nitrogens with zero attached hydrogens (tertiary/aromatic N) is 4. The second-order valence-electron chi connectivity index (χ2n) is 7.02. The number of amides is 1. The molecular weight excluding hydrogens is 459 g/mol. The van der Waals surface area contributed by atoms with Crippen LogP contribution in [0.25, 0.3) is 0 Å². The lowest BCUT2D eigenvalue weighted by Crippen LogP contribution is -2.42. The highest BCUT2D eigenvalue weighted by Gasteiger charge is 2.25. The van der Waals surface area contributed by atoms with Crippen LogP contribution in [0.2, 0.25) is 0 Å². The molecule has 160 valence electrons. The molecule has 11 heteroatoms. The quantitative estimate of drug-likeness (QED) is 0.174. The van der Waals surface area contributed by atoms with E-state index in [0.717, 1.165) is 24.8 Å². The van der Waals surface area contributed by atoms with Crippen LogP contribution in [0.1, 0.15) is 42.6 Å². The normalized spacial score (nSPS) is 15.1. The van der Waals surface area contributed by atoms with Crippen LogP contribution >= 0.6 is 15.9 Å². The smallest absolute Gasteiger partial charge is 0.229 e. The lowest BCUT2D eigenvalue weighted by atomic mass is 9.85. The Labute approximate surface area is 180 Å². The molecule has 0 saturated heterocycles. The molecule has 1 saturated carbocycles. The summed E-state index contributed by atoms with van der Waals surface area (Å²) in [6.07, 6.45) is 4.10. The van der Waals surface area contributed by atoms with Crippen molar-refractivity contribution in [3.63, 3.8) is 0 Å². The molecular formula is C19H22BrFN6O3. The molecule has 0 atom stereocenters. The molecule has 1 heterocycles. The molecule has 1 aliphatic carbocycles. The zero-order valence-corrected chi connectivity index (χ0v) is 17.7. The molecule has 30 heavy (non-hydrogen) atoms. The minimum absolute atomic E-state index is 0.0421. The largest absolute Gasteiger partial charge is 0.411 e. The van der Waals surface area contributed by atoms with Gasteiger partial charge in [0.05, 0.1) is 4.47 Å². The summed E-state index contributed by atoms with van der Waals surface area (Å²) in [6.45, 7) is 0.375. The number of rotatable bonds is 8. The van der Waals surface area contributed by atoms with E-state index in [1.807, 2.05) is 0 Å². The van der Waals surface area contributed by atoms with Crippen LogP contribution in [-0.4, -0.2) is 39.6 Å². The van der Waals surface area contributed by atoms with Crippen molar-refractivity contribution < 1.29 is 19.0 Å². The van der Waals surface area contributed by atoms with Crippen LogP contribution in [0, 0.1) is 11.7 Å². The molecule has 0 unspecified atom stereocenters. The standard InChI is InChI=1S/C19H22BrFN6O3/c20-13-9-11(6-7-14(13)21)10-16(25-29)17-15(26-30-27-17)5-2-8-23-19(22)24-18(28)12-3-1-4-12/h6-7,9,12,29H,1-5,8,10H2,(H3,22,23,24,28)/b25-16+. The van der Waals surface area contributed by atoms with Crippen LogP contribution in [0.5, 0.6) is 0 Å². The summed E-state index contributed by atoms with van der Waals surface area (Å²) in [5.74, 6) is -0.319. The average Bonchev–Trinajstić information content (AvgIpc) is 3.13. The summed E-state index contributed by atoms with van der Waals surface area (Å²) in [5, 5.41) is 23.0. The number of halogens is 2. The number of nitrogens with two attached hydrogens (primary N) is 1. The fourth-order valence-corrected chi connectivity index (χ4v) is 3.41. The van der Waals surface area contributed by atoms with Crippen molar-refractivity contribution in [2.75, 3.05) is 6.54 Å². The first-order chi connectivity index (χ1) is 14.5. The summed E-state index contributed by atoms with van der Waals surface area (Å²) in [5.41, 5.74) is 7.56. The Morgan fingerprint density at radius 2 is 2.20 bits per heavy atom. The molecule has 1 aromatic heterocycles. The van der Waals surface area contributed by atoms with E-state index in [1.165, 1.54) is 6.07 Å². The van der Waals surface area contributed by atoms with Gasteiger partial charge in [-0.25, -0.2) is 9.02 Å². The van der Waals surface area contributed by atoms with Gasteiger partial charge in [-0.05, 0) is 64.5 Å². The van der Waals surface area contributed by atoms with Gasteiger partial charge in [-0.3, -0.25) is 15.1 Å². The van der Waals surface area contributed by atoms with E-state index in [4.69, 9.17) is 10.4 Å². The number of hydrogen-bond acceptors (Lipinski definition) is 7. The van der Waals surface area contributed by atoms with Gasteiger partial charge in [-0.2, -0.15) is 0 Å².